The molecule has 8 heteroatoms. The highest BCUT2D eigenvalue weighted by Gasteiger charge is 2.23. The Kier molecular flexibility index (Phi) is 5.53. The molecule has 154 valence electrons. The van der Waals surface area contributed by atoms with Crippen molar-refractivity contribution in [2.45, 2.75) is 26.3 Å². The molecule has 4 nitrogen and oxygen atoms in total. The second-order valence-corrected chi connectivity index (χ2v) is 10.7. The molecule has 2 aromatic carbocycles. The van der Waals surface area contributed by atoms with Crippen LogP contribution in [0.4, 0.5) is 5.69 Å². The van der Waals surface area contributed by atoms with Crippen molar-refractivity contribution in [3.8, 4) is 0 Å². The van der Waals surface area contributed by atoms with E-state index < -0.39 is 0 Å². The minimum absolute atomic E-state index is 0.237. The summed E-state index contributed by atoms with van der Waals surface area (Å²) in [4.78, 5) is 26.5. The Balaban J connectivity index is 1.71. The van der Waals surface area contributed by atoms with E-state index in [1.807, 2.05) is 51.1 Å². The van der Waals surface area contributed by atoms with Crippen LogP contribution in [0, 0.1) is 0 Å². The molecule has 0 unspecified atom stereocenters. The van der Waals surface area contributed by atoms with Gasteiger partial charge in [0, 0.05) is 21.0 Å². The standard InChI is InChI=1S/C22H18Cl2N2O2S2/c1-22(2,3)26-21(28)19-16(24)12-8-6-9-13(17(12)30-19)25-20(27)18-15(23)11-7-4-5-10-14(11)29-18/h4-10H,1-3H3,(H,25,27)(H,26,28). The van der Waals surface area contributed by atoms with Gasteiger partial charge in [0.1, 0.15) is 9.75 Å². The second-order valence-electron chi connectivity index (χ2n) is 7.83. The van der Waals surface area contributed by atoms with Crippen LogP contribution in [-0.2, 0) is 0 Å². The zero-order chi connectivity index (χ0) is 21.6. The average molecular weight is 477 g/mol. The van der Waals surface area contributed by atoms with E-state index in [2.05, 4.69) is 10.6 Å². The zero-order valence-corrected chi connectivity index (χ0v) is 19.6. The molecule has 0 radical (unpaired) electrons. The predicted octanol–water partition coefficient (Wildman–Crippen LogP) is 7.20. The number of thiophene rings is 2. The van der Waals surface area contributed by atoms with E-state index in [0.29, 0.717) is 25.5 Å². The lowest BCUT2D eigenvalue weighted by Crippen LogP contribution is -2.40. The molecular weight excluding hydrogens is 459 g/mol. The maximum atomic E-state index is 13.0. The SMILES string of the molecule is CC(C)(C)NC(=O)c1sc2c(NC(=O)c3sc4ccccc4c3Cl)cccc2c1Cl. The maximum absolute atomic E-state index is 13.0. The molecule has 2 heterocycles. The lowest BCUT2D eigenvalue weighted by Gasteiger charge is -2.19. The lowest BCUT2D eigenvalue weighted by atomic mass is 10.1. The van der Waals surface area contributed by atoms with Gasteiger partial charge in [0.25, 0.3) is 11.8 Å². The summed E-state index contributed by atoms with van der Waals surface area (Å²) in [6, 6.07) is 13.1. The van der Waals surface area contributed by atoms with Crippen LogP contribution >= 0.6 is 45.9 Å². The fourth-order valence-electron chi connectivity index (χ4n) is 3.07. The summed E-state index contributed by atoms with van der Waals surface area (Å²) in [5.74, 6) is -0.530. The summed E-state index contributed by atoms with van der Waals surface area (Å²) in [6.07, 6.45) is 0. The fourth-order valence-corrected chi connectivity index (χ4v) is 5.95. The first-order valence-electron chi connectivity index (χ1n) is 9.17. The molecule has 4 rings (SSSR count). The third kappa shape index (κ3) is 3.93. The Morgan fingerprint density at radius 3 is 2.17 bits per heavy atom. The second kappa shape index (κ2) is 7.85. The molecule has 0 aliphatic rings. The first-order chi connectivity index (χ1) is 14.2. The maximum Gasteiger partial charge on any atom is 0.267 e. The molecule has 0 aliphatic heterocycles. The minimum Gasteiger partial charge on any atom is -0.347 e. The molecule has 2 amide bonds. The summed E-state index contributed by atoms with van der Waals surface area (Å²) in [6.45, 7) is 5.73. The third-order valence-corrected chi connectivity index (χ3v) is 7.76. The van der Waals surface area contributed by atoms with Crippen molar-refractivity contribution in [1.29, 1.82) is 0 Å². The molecule has 2 aromatic heterocycles. The van der Waals surface area contributed by atoms with Crippen LogP contribution in [0.15, 0.2) is 42.5 Å². The Labute approximate surface area is 191 Å². The number of benzene rings is 2. The van der Waals surface area contributed by atoms with Gasteiger partial charge in [-0.05, 0) is 32.9 Å². The summed E-state index contributed by atoms with van der Waals surface area (Å²) < 4.78 is 1.69. The number of rotatable bonds is 3. The molecule has 0 fully saturated rings. The van der Waals surface area contributed by atoms with E-state index in [4.69, 9.17) is 23.2 Å². The lowest BCUT2D eigenvalue weighted by molar-refractivity contribution is 0.0923. The van der Waals surface area contributed by atoms with Crippen molar-refractivity contribution >= 4 is 83.5 Å². The third-order valence-electron chi connectivity index (χ3n) is 4.34. The first kappa shape index (κ1) is 21.1. The Hall–Kier alpha value is -2.12. The van der Waals surface area contributed by atoms with E-state index in [1.165, 1.54) is 22.7 Å². The van der Waals surface area contributed by atoms with Gasteiger partial charge in [0.15, 0.2) is 0 Å². The van der Waals surface area contributed by atoms with Gasteiger partial charge in [-0.2, -0.15) is 0 Å². The average Bonchev–Trinajstić information content (AvgIpc) is 3.19. The van der Waals surface area contributed by atoms with Crippen LogP contribution in [0.3, 0.4) is 0 Å². The number of anilines is 1. The number of halogens is 2. The van der Waals surface area contributed by atoms with E-state index in [9.17, 15) is 9.59 Å². The van der Waals surface area contributed by atoms with Crippen molar-refractivity contribution in [3.63, 3.8) is 0 Å². The highest BCUT2D eigenvalue weighted by atomic mass is 35.5. The smallest absolute Gasteiger partial charge is 0.267 e. The van der Waals surface area contributed by atoms with Crippen LogP contribution in [0.1, 0.15) is 40.1 Å². The van der Waals surface area contributed by atoms with Crippen molar-refractivity contribution in [3.05, 3.63) is 62.3 Å². The Bertz CT molecular complexity index is 1300. The van der Waals surface area contributed by atoms with Gasteiger partial charge in [-0.1, -0.05) is 53.5 Å². The fraction of sp³-hybridized carbons (Fsp3) is 0.182. The number of hydrogen-bond donors (Lipinski definition) is 2. The van der Waals surface area contributed by atoms with Gasteiger partial charge in [0.2, 0.25) is 0 Å². The summed E-state index contributed by atoms with van der Waals surface area (Å²) in [7, 11) is 0. The molecule has 0 bridgehead atoms. The van der Waals surface area contributed by atoms with Crippen molar-refractivity contribution in [2.24, 2.45) is 0 Å². The molecule has 4 aromatic rings. The molecule has 30 heavy (non-hydrogen) atoms. The van der Waals surface area contributed by atoms with E-state index in [0.717, 1.165) is 20.2 Å². The minimum atomic E-state index is -0.383. The molecule has 0 saturated carbocycles. The van der Waals surface area contributed by atoms with Gasteiger partial charge in [0.05, 0.1) is 20.4 Å². The van der Waals surface area contributed by atoms with E-state index >= 15 is 0 Å². The van der Waals surface area contributed by atoms with Gasteiger partial charge < -0.3 is 10.6 Å². The van der Waals surface area contributed by atoms with Crippen molar-refractivity contribution in [1.82, 2.24) is 5.32 Å². The zero-order valence-electron chi connectivity index (χ0n) is 16.4. The van der Waals surface area contributed by atoms with Gasteiger partial charge >= 0.3 is 0 Å². The molecule has 0 saturated heterocycles. The largest absolute Gasteiger partial charge is 0.347 e. The monoisotopic (exact) mass is 476 g/mol. The molecule has 0 atom stereocenters. The normalized spacial score (nSPS) is 11.8. The number of nitrogens with one attached hydrogen (secondary N) is 2. The Morgan fingerprint density at radius 2 is 1.47 bits per heavy atom. The Morgan fingerprint density at radius 1 is 0.833 bits per heavy atom. The topological polar surface area (TPSA) is 58.2 Å². The van der Waals surface area contributed by atoms with Crippen LogP contribution in [0.2, 0.25) is 10.0 Å². The van der Waals surface area contributed by atoms with Crippen molar-refractivity contribution in [2.75, 3.05) is 5.32 Å². The predicted molar refractivity (Wildman–Crippen MR) is 129 cm³/mol. The van der Waals surface area contributed by atoms with E-state index in [-0.39, 0.29) is 17.4 Å². The molecule has 0 spiro atoms. The van der Waals surface area contributed by atoms with E-state index in [1.54, 1.807) is 12.1 Å². The molecular formula is C22H18Cl2N2O2S2. The number of carbonyl (C=O) groups excluding carboxylic acids is 2. The first-order valence-corrected chi connectivity index (χ1v) is 11.6. The summed E-state index contributed by atoms with van der Waals surface area (Å²) in [5, 5.41) is 8.27. The number of fused-ring (bicyclic) bond motifs is 2. The van der Waals surface area contributed by atoms with Crippen LogP contribution in [-0.4, -0.2) is 17.4 Å². The molecule has 2 N–H and O–H groups in total. The highest BCUT2D eigenvalue weighted by molar-refractivity contribution is 7.22. The summed E-state index contributed by atoms with van der Waals surface area (Å²) in [5.41, 5.74) is 0.207. The molecule has 0 aliphatic carbocycles. The van der Waals surface area contributed by atoms with Gasteiger partial charge in [-0.3, -0.25) is 9.59 Å². The van der Waals surface area contributed by atoms with Gasteiger partial charge in [-0.15, -0.1) is 22.7 Å². The van der Waals surface area contributed by atoms with Crippen LogP contribution < -0.4 is 10.6 Å². The summed E-state index contributed by atoms with van der Waals surface area (Å²) >= 11 is 15.6. The quantitative estimate of drug-likeness (QED) is 0.328. The van der Waals surface area contributed by atoms with Crippen molar-refractivity contribution < 1.29 is 9.59 Å². The highest BCUT2D eigenvalue weighted by Crippen LogP contribution is 2.40. The van der Waals surface area contributed by atoms with Crippen LogP contribution in [0.25, 0.3) is 20.2 Å². The number of amides is 2. The number of carbonyl (C=O) groups is 2. The van der Waals surface area contributed by atoms with Crippen LogP contribution in [0.5, 0.6) is 0 Å². The number of hydrogen-bond acceptors (Lipinski definition) is 4. The van der Waals surface area contributed by atoms with Gasteiger partial charge in [-0.25, -0.2) is 0 Å².